The zero-order valence-electron chi connectivity index (χ0n) is 32.6. The van der Waals surface area contributed by atoms with Gasteiger partial charge in [0.05, 0.1) is 30.6 Å². The summed E-state index contributed by atoms with van der Waals surface area (Å²) in [4.78, 5) is 70.8. The van der Waals surface area contributed by atoms with Crippen LogP contribution in [0.3, 0.4) is 0 Å². The summed E-state index contributed by atoms with van der Waals surface area (Å²) < 4.78 is 4.76. The predicted molar refractivity (Wildman–Crippen MR) is 208 cm³/mol. The van der Waals surface area contributed by atoms with Crippen LogP contribution in [0.2, 0.25) is 0 Å². The number of imidazole rings is 2. The Hall–Kier alpha value is -5.66. The molecule has 0 bridgehead atoms. The zero-order chi connectivity index (χ0) is 39.6. The number of carbonyl (C=O) groups excluding carboxylic acids is 3. The van der Waals surface area contributed by atoms with Gasteiger partial charge in [0.1, 0.15) is 23.7 Å². The maximum atomic E-state index is 13.6. The van der Waals surface area contributed by atoms with Gasteiger partial charge in [0.25, 0.3) is 0 Å². The van der Waals surface area contributed by atoms with Gasteiger partial charge in [0.2, 0.25) is 11.8 Å². The highest BCUT2D eigenvalue weighted by atomic mass is 16.5. The third-order valence-corrected chi connectivity index (χ3v) is 10.8. The first-order valence-electron chi connectivity index (χ1n) is 19.1. The fraction of sp³-hybridized carbons (Fsp3) is 0.463. The fourth-order valence-electron chi connectivity index (χ4n) is 7.82. The average Bonchev–Trinajstić information content (AvgIpc) is 3.98. The van der Waals surface area contributed by atoms with Crippen molar-refractivity contribution in [3.8, 4) is 33.6 Å². The molecule has 4 atom stereocenters. The number of carboxylic acid groups (broad SMARTS) is 1. The lowest BCUT2D eigenvalue weighted by molar-refractivity contribution is -0.136. The van der Waals surface area contributed by atoms with Crippen molar-refractivity contribution in [3.05, 3.63) is 71.6 Å². The molecule has 55 heavy (non-hydrogen) atoms. The predicted octanol–water partition coefficient (Wildman–Crippen LogP) is 6.75. The molecule has 0 aliphatic carbocycles. The summed E-state index contributed by atoms with van der Waals surface area (Å²) in [5.74, 6) is 0.766. The summed E-state index contributed by atoms with van der Waals surface area (Å²) in [5.41, 5.74) is 7.44. The third-order valence-electron chi connectivity index (χ3n) is 10.8. The number of likely N-dealkylation sites (tertiary alicyclic amines) is 2. The molecule has 2 aliphatic rings. The molecule has 2 saturated heterocycles. The summed E-state index contributed by atoms with van der Waals surface area (Å²) in [6.45, 7) is 12.6. The molecule has 5 N–H and O–H groups in total. The van der Waals surface area contributed by atoms with Gasteiger partial charge in [-0.2, -0.15) is 0 Å². The van der Waals surface area contributed by atoms with Crippen LogP contribution in [0.15, 0.2) is 48.5 Å². The second kappa shape index (κ2) is 16.4. The van der Waals surface area contributed by atoms with Crippen molar-refractivity contribution in [1.82, 2.24) is 40.4 Å². The van der Waals surface area contributed by atoms with Gasteiger partial charge in [-0.25, -0.2) is 19.6 Å². The van der Waals surface area contributed by atoms with Crippen LogP contribution in [-0.4, -0.2) is 91.1 Å². The maximum Gasteiger partial charge on any atom is 0.407 e. The monoisotopic (exact) mass is 752 g/mol. The minimum Gasteiger partial charge on any atom is -0.465 e. The van der Waals surface area contributed by atoms with E-state index in [4.69, 9.17) is 14.7 Å². The van der Waals surface area contributed by atoms with Crippen molar-refractivity contribution in [3.63, 3.8) is 0 Å². The van der Waals surface area contributed by atoms with E-state index in [2.05, 4.69) is 57.0 Å². The number of aromatic amines is 2. The van der Waals surface area contributed by atoms with E-state index in [1.807, 2.05) is 58.6 Å². The van der Waals surface area contributed by atoms with Crippen molar-refractivity contribution < 1.29 is 29.0 Å². The van der Waals surface area contributed by atoms with Gasteiger partial charge >= 0.3 is 12.2 Å². The van der Waals surface area contributed by atoms with Gasteiger partial charge in [-0.05, 0) is 62.5 Å². The third kappa shape index (κ3) is 8.23. The van der Waals surface area contributed by atoms with Crippen LogP contribution in [0.4, 0.5) is 9.59 Å². The van der Waals surface area contributed by atoms with E-state index in [1.54, 1.807) is 4.90 Å². The van der Waals surface area contributed by atoms with Crippen LogP contribution in [0, 0.1) is 25.7 Å². The number of amides is 4. The van der Waals surface area contributed by atoms with Crippen molar-refractivity contribution in [2.45, 2.75) is 91.4 Å². The molecule has 2 aromatic carbocycles. The Kier molecular flexibility index (Phi) is 11.6. The molecular formula is C41H52N8O6. The molecule has 4 heterocycles. The van der Waals surface area contributed by atoms with Crippen molar-refractivity contribution in [1.29, 1.82) is 0 Å². The average molecular weight is 753 g/mol. The van der Waals surface area contributed by atoms with E-state index < -0.39 is 24.3 Å². The first-order valence-corrected chi connectivity index (χ1v) is 19.1. The summed E-state index contributed by atoms with van der Waals surface area (Å²) in [6.07, 6.45) is 1.34. The van der Waals surface area contributed by atoms with E-state index in [0.717, 1.165) is 76.5 Å². The number of H-pyrrole nitrogens is 2. The first kappa shape index (κ1) is 39.0. The molecular weight excluding hydrogens is 701 g/mol. The van der Waals surface area contributed by atoms with Gasteiger partial charge in [0.15, 0.2) is 0 Å². The number of aromatic nitrogens is 4. The van der Waals surface area contributed by atoms with Crippen LogP contribution < -0.4 is 10.6 Å². The van der Waals surface area contributed by atoms with Crippen LogP contribution in [-0.2, 0) is 14.3 Å². The molecule has 0 spiro atoms. The van der Waals surface area contributed by atoms with Gasteiger partial charge in [-0.3, -0.25) is 9.59 Å². The highest BCUT2D eigenvalue weighted by molar-refractivity contribution is 5.87. The Labute approximate surface area is 321 Å². The summed E-state index contributed by atoms with van der Waals surface area (Å²) in [6, 6.07) is 14.5. The molecule has 4 amide bonds. The Balaban J connectivity index is 1.15. The number of hydrogen-bond donors (Lipinski definition) is 5. The minimum absolute atomic E-state index is 0.111. The zero-order valence-corrected chi connectivity index (χ0v) is 32.6. The normalized spacial score (nSPS) is 18.1. The summed E-state index contributed by atoms with van der Waals surface area (Å²) >= 11 is 0. The molecule has 14 heteroatoms. The highest BCUT2D eigenvalue weighted by Gasteiger charge is 2.39. The number of methoxy groups -OCH3 is 1. The molecule has 14 nitrogen and oxygen atoms in total. The lowest BCUT2D eigenvalue weighted by Crippen LogP contribution is -2.51. The number of benzene rings is 2. The number of ether oxygens (including phenoxy) is 1. The lowest BCUT2D eigenvalue weighted by Gasteiger charge is -2.30. The largest absolute Gasteiger partial charge is 0.465 e. The maximum absolute atomic E-state index is 13.6. The lowest BCUT2D eigenvalue weighted by atomic mass is 10.0. The van der Waals surface area contributed by atoms with E-state index in [9.17, 15) is 24.3 Å². The minimum atomic E-state index is -1.21. The number of aryl methyl sites for hydroxylation is 2. The highest BCUT2D eigenvalue weighted by Crippen LogP contribution is 2.36. The second-order valence-electron chi connectivity index (χ2n) is 15.3. The van der Waals surface area contributed by atoms with Gasteiger partial charge < -0.3 is 40.2 Å². The van der Waals surface area contributed by atoms with Crippen molar-refractivity contribution in [2.75, 3.05) is 20.2 Å². The number of nitrogens with zero attached hydrogens (tertiary/aromatic N) is 4. The Morgan fingerprint density at radius 1 is 0.691 bits per heavy atom. The number of nitrogens with one attached hydrogen (secondary N) is 4. The van der Waals surface area contributed by atoms with Crippen molar-refractivity contribution in [2.24, 2.45) is 11.8 Å². The number of hydrogen-bond acceptors (Lipinski definition) is 7. The smallest absolute Gasteiger partial charge is 0.407 e. The summed E-state index contributed by atoms with van der Waals surface area (Å²) in [7, 11) is 1.29. The Bertz CT molecular complexity index is 2020. The Morgan fingerprint density at radius 3 is 1.44 bits per heavy atom. The second-order valence-corrected chi connectivity index (χ2v) is 15.3. The molecule has 0 unspecified atom stereocenters. The van der Waals surface area contributed by atoms with Crippen molar-refractivity contribution >= 4 is 24.0 Å². The summed E-state index contributed by atoms with van der Waals surface area (Å²) in [5, 5.41) is 14.4. The molecule has 2 aromatic heterocycles. The van der Waals surface area contributed by atoms with Crippen LogP contribution in [0.1, 0.15) is 88.5 Å². The van der Waals surface area contributed by atoms with Crippen LogP contribution >= 0.6 is 0 Å². The van der Waals surface area contributed by atoms with E-state index in [1.165, 1.54) is 7.11 Å². The molecule has 2 aliphatic heterocycles. The fourth-order valence-corrected chi connectivity index (χ4v) is 7.82. The Morgan fingerprint density at radius 2 is 1.07 bits per heavy atom. The van der Waals surface area contributed by atoms with E-state index >= 15 is 0 Å². The number of rotatable bonds is 11. The quantitative estimate of drug-likeness (QED) is 0.111. The molecule has 6 rings (SSSR count). The molecule has 292 valence electrons. The molecule has 0 radical (unpaired) electrons. The van der Waals surface area contributed by atoms with Gasteiger partial charge in [0, 0.05) is 35.6 Å². The number of alkyl carbamates (subject to hydrolysis) is 1. The SMILES string of the molecule is COC(=O)N[C@H](C(=O)N1CCC[C@H]1c1nc(-c2ccc(-c3ccc(-c4nc([C@@H]5CCCN5C(=O)[C@@H](NC(=O)O)C(C)C)[nH]c4C)cc3)cc2)c(C)[nH]1)C(C)C. The van der Waals surface area contributed by atoms with E-state index in [-0.39, 0.29) is 35.7 Å². The topological polar surface area (TPSA) is 186 Å². The molecule has 0 saturated carbocycles. The first-order chi connectivity index (χ1) is 26.3. The standard InChI is InChI=1S/C41H52N8O6/c1-22(2)32(46-40(52)53)38(50)48-20-8-10-30(48)36-42-24(5)34(44-36)28-16-12-26(13-17-28)27-14-18-29(19-15-27)35-25(6)43-37(45-35)31-11-9-21-49(31)39(51)33(23(3)4)47-41(54)55-7/h12-19,22-23,30-33,46H,8-11,20-21H2,1-7H3,(H,42,44)(H,43,45)(H,47,54)(H,52,53)/t30-,31-,32-,33-/m0/s1. The molecule has 4 aromatic rings. The number of carbonyl (C=O) groups is 4. The van der Waals surface area contributed by atoms with Crippen LogP contribution in [0.5, 0.6) is 0 Å². The van der Waals surface area contributed by atoms with Gasteiger partial charge in [-0.1, -0.05) is 76.2 Å². The molecule has 2 fully saturated rings. The van der Waals surface area contributed by atoms with E-state index in [0.29, 0.717) is 18.9 Å². The van der Waals surface area contributed by atoms with Crippen LogP contribution in [0.25, 0.3) is 33.6 Å². The van der Waals surface area contributed by atoms with Gasteiger partial charge in [-0.15, -0.1) is 0 Å².